The Morgan fingerprint density at radius 3 is 2.79 bits per heavy atom. The lowest BCUT2D eigenvalue weighted by Gasteiger charge is -2.12. The normalized spacial score (nSPS) is 13.2. The Labute approximate surface area is 146 Å². The number of nitrogens with zero attached hydrogens (tertiary/aromatic N) is 3. The van der Waals surface area contributed by atoms with Crippen molar-refractivity contribution in [2.75, 3.05) is 5.75 Å². The minimum atomic E-state index is -4.53. The molecule has 132 valence electrons. The van der Waals surface area contributed by atoms with Gasteiger partial charge in [-0.1, -0.05) is 36.7 Å². The average molecular weight is 381 g/mol. The minimum Gasteiger partial charge on any atom is -0.353 e. The van der Waals surface area contributed by atoms with Crippen LogP contribution in [0.1, 0.15) is 32.3 Å². The number of fused-ring (bicyclic) bond motifs is 1. The number of halogens is 4. The van der Waals surface area contributed by atoms with Gasteiger partial charge in [0.25, 0.3) is 0 Å². The van der Waals surface area contributed by atoms with Crippen LogP contribution in [0.2, 0.25) is 5.02 Å². The second kappa shape index (κ2) is 7.60. The van der Waals surface area contributed by atoms with Crippen molar-refractivity contribution in [3.63, 3.8) is 0 Å². The van der Waals surface area contributed by atoms with Crippen LogP contribution < -0.4 is 5.32 Å². The van der Waals surface area contributed by atoms with Gasteiger partial charge in [0.2, 0.25) is 5.91 Å². The van der Waals surface area contributed by atoms with E-state index in [2.05, 4.69) is 15.5 Å². The van der Waals surface area contributed by atoms with Crippen LogP contribution in [0.4, 0.5) is 13.2 Å². The number of hydrogen-bond donors (Lipinski definition) is 1. The van der Waals surface area contributed by atoms with Crippen molar-refractivity contribution in [3.8, 4) is 0 Å². The topological polar surface area (TPSA) is 59.3 Å². The Morgan fingerprint density at radius 1 is 1.46 bits per heavy atom. The molecule has 0 aromatic carbocycles. The van der Waals surface area contributed by atoms with Crippen molar-refractivity contribution in [2.45, 2.75) is 44.1 Å². The van der Waals surface area contributed by atoms with Crippen LogP contribution >= 0.6 is 23.4 Å². The van der Waals surface area contributed by atoms with Crippen molar-refractivity contribution in [3.05, 3.63) is 22.8 Å². The van der Waals surface area contributed by atoms with Crippen molar-refractivity contribution in [1.82, 2.24) is 19.9 Å². The molecule has 2 aromatic rings. The molecule has 0 fully saturated rings. The fourth-order valence-corrected chi connectivity index (χ4v) is 3.11. The van der Waals surface area contributed by atoms with Gasteiger partial charge in [-0.05, 0) is 19.4 Å². The number of rotatable bonds is 6. The van der Waals surface area contributed by atoms with Crippen LogP contribution in [0.15, 0.2) is 17.4 Å². The molecule has 10 heteroatoms. The Hall–Kier alpha value is -1.48. The fraction of sp³-hybridized carbons (Fsp3) is 0.500. The predicted molar refractivity (Wildman–Crippen MR) is 86.2 cm³/mol. The number of alkyl halides is 3. The molecule has 0 saturated carbocycles. The van der Waals surface area contributed by atoms with Crippen molar-refractivity contribution in [1.29, 1.82) is 0 Å². The van der Waals surface area contributed by atoms with Crippen LogP contribution in [0, 0.1) is 0 Å². The molecule has 0 bridgehead atoms. The number of nitrogens with one attached hydrogen (secondary N) is 1. The summed E-state index contributed by atoms with van der Waals surface area (Å²) in [5, 5.41) is 10.4. The lowest BCUT2D eigenvalue weighted by Crippen LogP contribution is -2.33. The number of pyridine rings is 1. The molecule has 0 radical (unpaired) electrons. The molecule has 0 saturated heterocycles. The summed E-state index contributed by atoms with van der Waals surface area (Å²) in [6, 6.07) is 0.851. The molecule has 5 nitrogen and oxygen atoms in total. The van der Waals surface area contributed by atoms with Crippen molar-refractivity contribution < 1.29 is 18.0 Å². The van der Waals surface area contributed by atoms with E-state index in [1.165, 1.54) is 0 Å². The maximum Gasteiger partial charge on any atom is 0.417 e. The van der Waals surface area contributed by atoms with Crippen LogP contribution in [-0.2, 0) is 11.0 Å². The van der Waals surface area contributed by atoms with Gasteiger partial charge >= 0.3 is 6.18 Å². The molecule has 2 rings (SSSR count). The summed E-state index contributed by atoms with van der Waals surface area (Å²) in [5.74, 6) is -0.182. The van der Waals surface area contributed by atoms with E-state index in [1.807, 2.05) is 13.8 Å². The lowest BCUT2D eigenvalue weighted by molar-refractivity contribution is -0.137. The van der Waals surface area contributed by atoms with Crippen LogP contribution in [0.25, 0.3) is 5.65 Å². The number of amides is 1. The molecule has 2 aromatic heterocycles. The molecular formula is C14H16ClF3N4OS. The summed E-state index contributed by atoms with van der Waals surface area (Å²) in [6.07, 6.45) is -1.85. The Morgan fingerprint density at radius 2 is 2.17 bits per heavy atom. The zero-order chi connectivity index (χ0) is 17.9. The van der Waals surface area contributed by atoms with Gasteiger partial charge in [0.1, 0.15) is 0 Å². The van der Waals surface area contributed by atoms with E-state index in [9.17, 15) is 18.0 Å². The number of carbonyl (C=O) groups excluding carboxylic acids is 1. The van der Waals surface area contributed by atoms with Gasteiger partial charge in [0.15, 0.2) is 10.8 Å². The van der Waals surface area contributed by atoms with Crippen LogP contribution in [0.3, 0.4) is 0 Å². The quantitative estimate of drug-likeness (QED) is 0.774. The Balaban J connectivity index is 2.15. The van der Waals surface area contributed by atoms with Crippen LogP contribution in [0.5, 0.6) is 0 Å². The number of hydrogen-bond acceptors (Lipinski definition) is 4. The van der Waals surface area contributed by atoms with E-state index in [0.29, 0.717) is 0 Å². The van der Waals surface area contributed by atoms with E-state index in [4.69, 9.17) is 11.6 Å². The average Bonchev–Trinajstić information content (AvgIpc) is 2.88. The third-order valence-electron chi connectivity index (χ3n) is 3.22. The molecule has 0 spiro atoms. The van der Waals surface area contributed by atoms with E-state index >= 15 is 0 Å². The molecule has 1 amide bonds. The third kappa shape index (κ3) is 4.54. The number of aromatic nitrogens is 3. The fourth-order valence-electron chi connectivity index (χ4n) is 2.14. The van der Waals surface area contributed by atoms with Gasteiger partial charge in [-0.2, -0.15) is 13.2 Å². The second-order valence-corrected chi connectivity index (χ2v) is 6.65. The summed E-state index contributed by atoms with van der Waals surface area (Å²) in [6.45, 7) is 3.91. The molecule has 24 heavy (non-hydrogen) atoms. The largest absolute Gasteiger partial charge is 0.417 e. The summed E-state index contributed by atoms with van der Waals surface area (Å²) in [5.41, 5.74) is -0.783. The van der Waals surface area contributed by atoms with Gasteiger partial charge in [-0.3, -0.25) is 9.20 Å². The van der Waals surface area contributed by atoms with E-state index < -0.39 is 11.7 Å². The number of carbonyl (C=O) groups is 1. The van der Waals surface area contributed by atoms with Crippen molar-refractivity contribution >= 4 is 34.9 Å². The first kappa shape index (κ1) is 18.9. The first-order chi connectivity index (χ1) is 11.2. The monoisotopic (exact) mass is 380 g/mol. The zero-order valence-electron chi connectivity index (χ0n) is 13.0. The van der Waals surface area contributed by atoms with E-state index in [0.717, 1.165) is 41.3 Å². The standard InChI is InChI=1S/C14H16ClF3N4OS/c1-3-4-8(2)19-11(23)7-24-13-21-20-12-10(15)5-9(6-22(12)13)14(16,17)18/h5-6,8H,3-4,7H2,1-2H3,(H,19,23)/t8-/m0/s1. The minimum absolute atomic E-state index is 0.0305. The van der Waals surface area contributed by atoms with Gasteiger partial charge in [-0.25, -0.2) is 0 Å². The summed E-state index contributed by atoms with van der Waals surface area (Å²) in [7, 11) is 0. The van der Waals surface area contributed by atoms with Gasteiger partial charge in [0.05, 0.1) is 16.3 Å². The smallest absolute Gasteiger partial charge is 0.353 e. The molecule has 0 aliphatic carbocycles. The molecular weight excluding hydrogens is 365 g/mol. The van der Waals surface area contributed by atoms with Gasteiger partial charge < -0.3 is 5.32 Å². The second-order valence-electron chi connectivity index (χ2n) is 5.30. The molecule has 1 atom stereocenters. The highest BCUT2D eigenvalue weighted by atomic mass is 35.5. The summed E-state index contributed by atoms with van der Waals surface area (Å²) < 4.78 is 39.8. The lowest BCUT2D eigenvalue weighted by atomic mass is 10.2. The highest BCUT2D eigenvalue weighted by molar-refractivity contribution is 7.99. The highest BCUT2D eigenvalue weighted by Crippen LogP contribution is 2.33. The summed E-state index contributed by atoms with van der Waals surface area (Å²) in [4.78, 5) is 11.9. The summed E-state index contributed by atoms with van der Waals surface area (Å²) >= 11 is 6.84. The van der Waals surface area contributed by atoms with Gasteiger partial charge in [0, 0.05) is 12.2 Å². The predicted octanol–water partition coefficient (Wildman–Crippen LogP) is 3.80. The third-order valence-corrected chi connectivity index (χ3v) is 4.44. The Bertz CT molecular complexity index is 735. The maximum absolute atomic E-state index is 12.9. The van der Waals surface area contributed by atoms with Crippen molar-refractivity contribution in [2.24, 2.45) is 0 Å². The van der Waals surface area contributed by atoms with E-state index in [1.54, 1.807) is 0 Å². The van der Waals surface area contributed by atoms with E-state index in [-0.39, 0.29) is 33.5 Å². The first-order valence-corrected chi connectivity index (χ1v) is 8.62. The molecule has 0 unspecified atom stereocenters. The number of thioether (sulfide) groups is 1. The SMILES string of the molecule is CCC[C@H](C)NC(=O)CSc1nnc2c(Cl)cc(C(F)(F)F)cn12. The zero-order valence-corrected chi connectivity index (χ0v) is 14.6. The molecule has 0 aliphatic rings. The first-order valence-electron chi connectivity index (χ1n) is 7.26. The maximum atomic E-state index is 12.9. The molecule has 0 aliphatic heterocycles. The molecule has 2 heterocycles. The highest BCUT2D eigenvalue weighted by Gasteiger charge is 2.32. The Kier molecular flexibility index (Phi) is 5.97. The van der Waals surface area contributed by atoms with Crippen LogP contribution in [-0.4, -0.2) is 32.3 Å². The molecule has 1 N–H and O–H groups in total. The van der Waals surface area contributed by atoms with Gasteiger partial charge in [-0.15, -0.1) is 10.2 Å².